The fraction of sp³-hybridized carbons (Fsp3) is 0.467. The molecule has 5 N–H and O–H groups in total. The number of aromatic nitrogens is 2. The fourth-order valence-corrected chi connectivity index (χ4v) is 6.55. The average molecular weight is 471 g/mol. The first-order chi connectivity index (χ1) is 16.6. The van der Waals surface area contributed by atoms with Crippen molar-refractivity contribution in [2.24, 2.45) is 23.7 Å². The van der Waals surface area contributed by atoms with Crippen LogP contribution in [-0.2, 0) is 6.42 Å². The van der Waals surface area contributed by atoms with E-state index in [1.165, 1.54) is 67.7 Å². The highest BCUT2D eigenvalue weighted by Crippen LogP contribution is 2.51. The number of aliphatic hydroxyl groups excluding tert-OH is 1. The maximum atomic E-state index is 11.3. The third-order valence-electron chi connectivity index (χ3n) is 9.64. The molecule has 1 saturated heterocycles. The zero-order valence-electron chi connectivity index (χ0n) is 22.2. The summed E-state index contributed by atoms with van der Waals surface area (Å²) >= 11 is 0. The maximum Gasteiger partial charge on any atom is 0.0880 e. The third kappa shape index (κ3) is 3.03. The van der Waals surface area contributed by atoms with E-state index in [-0.39, 0.29) is 5.92 Å². The van der Waals surface area contributed by atoms with Crippen LogP contribution in [-0.4, -0.2) is 15.1 Å². The molecule has 4 aliphatic rings. The van der Waals surface area contributed by atoms with Crippen LogP contribution < -0.4 is 10.6 Å². The summed E-state index contributed by atoms with van der Waals surface area (Å²) in [4.78, 5) is 7.51. The standard InChI is InChI=1S/C30H38N4O/c1-12-14(3)22-10-24-16(5)17(6)28(33-24)26-19(8)30(35)27-18(7)25(34-29(26)27)11-23-15(4)13(2)21(32-23)9-20(12)31-22/h9-10,12,16-17,19,30-35H,11H2,1-8H3/b20-9?,24-10-,28-26-/t12-,16-,17-,19+,30-/m0/s1. The van der Waals surface area contributed by atoms with Crippen LogP contribution in [0.5, 0.6) is 0 Å². The number of nitrogens with one attached hydrogen (secondary N) is 4. The predicted molar refractivity (Wildman–Crippen MR) is 142 cm³/mol. The van der Waals surface area contributed by atoms with E-state index in [2.05, 4.69) is 88.1 Å². The Morgan fingerprint density at radius 3 is 2.23 bits per heavy atom. The number of rotatable bonds is 0. The molecule has 0 radical (unpaired) electrons. The Morgan fingerprint density at radius 1 is 0.771 bits per heavy atom. The van der Waals surface area contributed by atoms with Crippen LogP contribution in [0.2, 0.25) is 0 Å². The largest absolute Gasteiger partial charge is 0.388 e. The highest BCUT2D eigenvalue weighted by molar-refractivity contribution is 5.78. The lowest BCUT2D eigenvalue weighted by molar-refractivity contribution is 0.150. The van der Waals surface area contributed by atoms with Gasteiger partial charge in [-0.1, -0.05) is 27.7 Å². The topological polar surface area (TPSA) is 75.9 Å². The van der Waals surface area contributed by atoms with Crippen molar-refractivity contribution < 1.29 is 5.11 Å². The monoisotopic (exact) mass is 470 g/mol. The number of allylic oxidation sites excluding steroid dienone is 4. The molecule has 0 aromatic carbocycles. The second-order valence-electron chi connectivity index (χ2n) is 11.4. The van der Waals surface area contributed by atoms with Crippen molar-refractivity contribution in [3.8, 4) is 0 Å². The van der Waals surface area contributed by atoms with Gasteiger partial charge in [-0.3, -0.25) is 0 Å². The van der Waals surface area contributed by atoms with Gasteiger partial charge in [0.1, 0.15) is 0 Å². The van der Waals surface area contributed by atoms with Gasteiger partial charge in [0.25, 0.3) is 0 Å². The van der Waals surface area contributed by atoms with Crippen LogP contribution in [0.4, 0.5) is 0 Å². The molecule has 2 aromatic rings. The number of H-pyrrole nitrogens is 2. The molecule has 8 bridgehead atoms. The van der Waals surface area contributed by atoms with Crippen molar-refractivity contribution >= 4 is 11.6 Å². The summed E-state index contributed by atoms with van der Waals surface area (Å²) in [6.45, 7) is 17.9. The van der Waals surface area contributed by atoms with Gasteiger partial charge in [0.05, 0.1) is 6.10 Å². The molecule has 35 heavy (non-hydrogen) atoms. The predicted octanol–water partition coefficient (Wildman–Crippen LogP) is 5.88. The van der Waals surface area contributed by atoms with E-state index in [1.807, 2.05) is 0 Å². The Kier molecular flexibility index (Phi) is 4.85. The Balaban J connectivity index is 1.62. The second kappa shape index (κ2) is 7.54. The molecule has 3 aliphatic heterocycles. The lowest BCUT2D eigenvalue weighted by atomic mass is 9.89. The van der Waals surface area contributed by atoms with Crippen molar-refractivity contribution in [2.45, 2.75) is 67.9 Å². The van der Waals surface area contributed by atoms with E-state index in [9.17, 15) is 5.11 Å². The molecular formula is C30H38N4O. The van der Waals surface area contributed by atoms with Gasteiger partial charge in [-0.05, 0) is 62.1 Å². The molecule has 5 heterocycles. The third-order valence-corrected chi connectivity index (χ3v) is 9.64. The molecule has 1 aliphatic carbocycles. The molecule has 2 aromatic heterocycles. The van der Waals surface area contributed by atoms with Crippen LogP contribution in [0.15, 0.2) is 34.4 Å². The summed E-state index contributed by atoms with van der Waals surface area (Å²) in [6, 6.07) is 0. The first-order valence-corrected chi connectivity index (χ1v) is 13.1. The normalized spacial score (nSPS) is 33.0. The van der Waals surface area contributed by atoms with E-state index in [0.717, 1.165) is 17.7 Å². The number of hydrogen-bond acceptors (Lipinski definition) is 3. The number of aliphatic hydroxyl groups is 1. The van der Waals surface area contributed by atoms with Crippen LogP contribution >= 0.6 is 0 Å². The summed E-state index contributed by atoms with van der Waals surface area (Å²) in [5.41, 5.74) is 17.2. The van der Waals surface area contributed by atoms with E-state index in [4.69, 9.17) is 0 Å². The molecule has 5 atom stereocenters. The minimum absolute atomic E-state index is 0.0561. The fourth-order valence-electron chi connectivity index (χ4n) is 6.55. The van der Waals surface area contributed by atoms with Crippen molar-refractivity contribution in [3.63, 3.8) is 0 Å². The van der Waals surface area contributed by atoms with Gasteiger partial charge in [-0.15, -0.1) is 0 Å². The summed E-state index contributed by atoms with van der Waals surface area (Å²) in [6.07, 6.45) is 4.92. The minimum Gasteiger partial charge on any atom is -0.388 e. The van der Waals surface area contributed by atoms with Crippen molar-refractivity contribution in [1.82, 2.24) is 20.6 Å². The molecule has 184 valence electrons. The van der Waals surface area contributed by atoms with E-state index in [0.29, 0.717) is 17.8 Å². The maximum absolute atomic E-state index is 11.3. The highest BCUT2D eigenvalue weighted by Gasteiger charge is 2.42. The number of fused-ring (bicyclic) bond motifs is 7. The van der Waals surface area contributed by atoms with Gasteiger partial charge in [0.2, 0.25) is 0 Å². The van der Waals surface area contributed by atoms with Crippen LogP contribution in [0.1, 0.15) is 85.8 Å². The minimum atomic E-state index is -0.483. The van der Waals surface area contributed by atoms with E-state index in [1.54, 1.807) is 0 Å². The molecule has 1 fully saturated rings. The van der Waals surface area contributed by atoms with Gasteiger partial charge < -0.3 is 25.7 Å². The molecule has 0 spiro atoms. The van der Waals surface area contributed by atoms with Gasteiger partial charge >= 0.3 is 0 Å². The zero-order valence-corrected chi connectivity index (χ0v) is 22.2. The Hall–Kier alpha value is -2.92. The van der Waals surface area contributed by atoms with E-state index >= 15 is 0 Å². The summed E-state index contributed by atoms with van der Waals surface area (Å²) in [5, 5.41) is 18.9. The van der Waals surface area contributed by atoms with Crippen molar-refractivity contribution in [3.05, 3.63) is 79.5 Å². The van der Waals surface area contributed by atoms with Crippen LogP contribution in [0.25, 0.3) is 11.6 Å². The van der Waals surface area contributed by atoms with Crippen molar-refractivity contribution in [2.75, 3.05) is 0 Å². The van der Waals surface area contributed by atoms with Gasteiger partial charge in [-0.25, -0.2) is 0 Å². The SMILES string of the molecule is CC1=C2/C=C3\N/C(=C4\c5[nH]c(c(C)c5[C@@H](O)[C@@H]4C)Cc4[nH]c(c(C)c4C)C=C(N2)[C@H]1C)[C@@H](C)[C@@H]3C. The Morgan fingerprint density at radius 2 is 1.49 bits per heavy atom. The Bertz CT molecular complexity index is 1390. The molecule has 5 nitrogen and oxygen atoms in total. The quantitative estimate of drug-likeness (QED) is 0.334. The lowest BCUT2D eigenvalue weighted by Gasteiger charge is -2.18. The molecule has 6 rings (SSSR count). The number of hydrogen-bond donors (Lipinski definition) is 5. The average Bonchev–Trinajstić information content (AvgIpc) is 3.52. The Labute approximate surface area is 208 Å². The smallest absolute Gasteiger partial charge is 0.0880 e. The highest BCUT2D eigenvalue weighted by atomic mass is 16.3. The van der Waals surface area contributed by atoms with Crippen LogP contribution in [0, 0.1) is 44.4 Å². The molecule has 0 saturated carbocycles. The molecule has 0 amide bonds. The molecule has 5 heteroatoms. The molecular weight excluding hydrogens is 432 g/mol. The summed E-state index contributed by atoms with van der Waals surface area (Å²) in [5.74, 6) is 1.12. The van der Waals surface area contributed by atoms with Gasteiger partial charge in [0.15, 0.2) is 0 Å². The van der Waals surface area contributed by atoms with E-state index < -0.39 is 6.10 Å². The molecule has 0 unspecified atom stereocenters. The number of aromatic amines is 2. The van der Waals surface area contributed by atoms with Crippen LogP contribution in [0.3, 0.4) is 0 Å². The van der Waals surface area contributed by atoms with Gasteiger partial charge in [-0.2, -0.15) is 0 Å². The van der Waals surface area contributed by atoms with Crippen molar-refractivity contribution in [1.29, 1.82) is 0 Å². The first-order valence-electron chi connectivity index (χ1n) is 13.1. The van der Waals surface area contributed by atoms with Gasteiger partial charge in [0, 0.05) is 86.8 Å². The lowest BCUT2D eigenvalue weighted by Crippen LogP contribution is -2.13. The summed E-state index contributed by atoms with van der Waals surface area (Å²) < 4.78 is 0. The summed E-state index contributed by atoms with van der Waals surface area (Å²) in [7, 11) is 0. The zero-order chi connectivity index (χ0) is 24.9. The second-order valence-corrected chi connectivity index (χ2v) is 11.4. The first kappa shape index (κ1) is 22.5.